The van der Waals surface area contributed by atoms with Crippen LogP contribution in [0.1, 0.15) is 18.3 Å². The summed E-state index contributed by atoms with van der Waals surface area (Å²) in [6.07, 6.45) is 0. The maximum Gasteiger partial charge on any atom is 0.258 e. The van der Waals surface area contributed by atoms with Gasteiger partial charge >= 0.3 is 0 Å². The van der Waals surface area contributed by atoms with Crippen LogP contribution in [0.2, 0.25) is 5.02 Å². The highest BCUT2D eigenvalue weighted by Gasteiger charge is 2.14. The second kappa shape index (κ2) is 9.15. The Labute approximate surface area is 174 Å². The summed E-state index contributed by atoms with van der Waals surface area (Å²) in [5.41, 5.74) is 1.30. The fourth-order valence-corrected chi connectivity index (χ4v) is 3.39. The van der Waals surface area contributed by atoms with Gasteiger partial charge < -0.3 is 19.2 Å². The van der Waals surface area contributed by atoms with Gasteiger partial charge in [0.1, 0.15) is 11.6 Å². The predicted molar refractivity (Wildman–Crippen MR) is 113 cm³/mol. The minimum atomic E-state index is -0.220. The average molecular weight is 418 g/mol. The Morgan fingerprint density at radius 1 is 1.00 bits per heavy atom. The van der Waals surface area contributed by atoms with E-state index >= 15 is 0 Å². The number of nitrogens with one attached hydrogen (secondary N) is 1. The number of nitrogens with zero attached hydrogens (tertiary/aromatic N) is 2. The Balaban J connectivity index is 1.91. The van der Waals surface area contributed by atoms with Gasteiger partial charge in [-0.15, -0.1) is 0 Å². The molecule has 1 N–H and O–H groups in total. The van der Waals surface area contributed by atoms with Crippen molar-refractivity contribution < 1.29 is 14.2 Å². The van der Waals surface area contributed by atoms with Crippen LogP contribution in [0.3, 0.4) is 0 Å². The first kappa shape index (κ1) is 21.0. The molecule has 0 bridgehead atoms. The SMILES string of the molecule is CCN(Cc1nc2cc(OC)c(OC)cc2c(=O)[nH]1)Cc1cc(Cl)ccc1OC. The maximum absolute atomic E-state index is 12.6. The van der Waals surface area contributed by atoms with Crippen molar-refractivity contribution in [2.75, 3.05) is 27.9 Å². The molecule has 0 saturated heterocycles. The van der Waals surface area contributed by atoms with E-state index in [1.54, 1.807) is 32.4 Å². The van der Waals surface area contributed by atoms with E-state index in [4.69, 9.17) is 25.8 Å². The number of methoxy groups -OCH3 is 3. The first-order valence-electron chi connectivity index (χ1n) is 9.18. The van der Waals surface area contributed by atoms with Gasteiger partial charge in [-0.1, -0.05) is 18.5 Å². The Kier molecular flexibility index (Phi) is 6.61. The number of halogens is 1. The third kappa shape index (κ3) is 4.63. The molecule has 154 valence electrons. The van der Waals surface area contributed by atoms with Crippen molar-refractivity contribution >= 4 is 22.5 Å². The lowest BCUT2D eigenvalue weighted by molar-refractivity contribution is 0.260. The summed E-state index contributed by atoms with van der Waals surface area (Å²) in [4.78, 5) is 22.2. The summed E-state index contributed by atoms with van der Waals surface area (Å²) in [7, 11) is 4.71. The first-order valence-corrected chi connectivity index (χ1v) is 9.56. The monoisotopic (exact) mass is 417 g/mol. The smallest absolute Gasteiger partial charge is 0.258 e. The standard InChI is InChI=1S/C21H24ClN3O4/c1-5-25(11-13-8-14(22)6-7-17(13)27-2)12-20-23-16-10-19(29-4)18(28-3)9-15(16)21(26)24-20/h6-10H,5,11-12H2,1-4H3,(H,23,24,26). The maximum atomic E-state index is 12.6. The third-order valence-electron chi connectivity index (χ3n) is 4.72. The van der Waals surface area contributed by atoms with Gasteiger partial charge in [0.25, 0.3) is 5.56 Å². The molecule has 0 unspecified atom stereocenters. The predicted octanol–water partition coefficient (Wildman–Crippen LogP) is 3.62. The zero-order valence-corrected chi connectivity index (χ0v) is 17.7. The highest BCUT2D eigenvalue weighted by molar-refractivity contribution is 6.30. The number of ether oxygens (including phenoxy) is 3. The molecule has 0 amide bonds. The largest absolute Gasteiger partial charge is 0.496 e. The second-order valence-electron chi connectivity index (χ2n) is 6.50. The minimum Gasteiger partial charge on any atom is -0.496 e. The van der Waals surface area contributed by atoms with E-state index in [1.165, 1.54) is 7.11 Å². The lowest BCUT2D eigenvalue weighted by atomic mass is 10.2. The van der Waals surface area contributed by atoms with Gasteiger partial charge in [0.2, 0.25) is 0 Å². The lowest BCUT2D eigenvalue weighted by Gasteiger charge is -2.21. The summed E-state index contributed by atoms with van der Waals surface area (Å²) in [6.45, 7) is 3.87. The van der Waals surface area contributed by atoms with Crippen LogP contribution in [0.5, 0.6) is 17.2 Å². The zero-order valence-electron chi connectivity index (χ0n) is 16.9. The molecule has 3 rings (SSSR count). The first-order chi connectivity index (χ1) is 14.0. The molecule has 3 aromatic rings. The van der Waals surface area contributed by atoms with Crippen LogP contribution in [0.4, 0.5) is 0 Å². The molecular formula is C21H24ClN3O4. The van der Waals surface area contributed by atoms with Crippen molar-refractivity contribution in [1.82, 2.24) is 14.9 Å². The van der Waals surface area contributed by atoms with E-state index in [0.29, 0.717) is 46.3 Å². The van der Waals surface area contributed by atoms with Crippen LogP contribution in [0, 0.1) is 0 Å². The number of aromatic amines is 1. The van der Waals surface area contributed by atoms with Crippen LogP contribution >= 0.6 is 11.6 Å². The van der Waals surface area contributed by atoms with E-state index in [2.05, 4.69) is 14.9 Å². The van der Waals surface area contributed by atoms with Gasteiger partial charge in [-0.3, -0.25) is 9.69 Å². The molecule has 0 fully saturated rings. The molecule has 7 nitrogen and oxygen atoms in total. The van der Waals surface area contributed by atoms with Crippen molar-refractivity contribution in [2.24, 2.45) is 0 Å². The number of hydrogen-bond acceptors (Lipinski definition) is 6. The normalized spacial score (nSPS) is 11.1. The summed E-state index contributed by atoms with van der Waals surface area (Å²) in [6, 6.07) is 8.88. The Hall–Kier alpha value is -2.77. The average Bonchev–Trinajstić information content (AvgIpc) is 2.72. The quantitative estimate of drug-likeness (QED) is 0.603. The zero-order chi connectivity index (χ0) is 21.0. The van der Waals surface area contributed by atoms with Crippen molar-refractivity contribution in [3.05, 3.63) is 57.1 Å². The lowest BCUT2D eigenvalue weighted by Crippen LogP contribution is -2.25. The Bertz CT molecular complexity index is 1070. The molecule has 1 heterocycles. The second-order valence-corrected chi connectivity index (χ2v) is 6.93. The van der Waals surface area contributed by atoms with Gasteiger partial charge in [-0.2, -0.15) is 0 Å². The van der Waals surface area contributed by atoms with Gasteiger partial charge in [-0.05, 0) is 30.8 Å². The summed E-state index contributed by atoms with van der Waals surface area (Å²) in [5, 5.41) is 1.10. The molecule has 0 atom stereocenters. The number of H-pyrrole nitrogens is 1. The van der Waals surface area contributed by atoms with Crippen molar-refractivity contribution in [3.63, 3.8) is 0 Å². The number of rotatable bonds is 8. The molecule has 0 radical (unpaired) electrons. The minimum absolute atomic E-state index is 0.220. The molecule has 0 spiro atoms. The van der Waals surface area contributed by atoms with Gasteiger partial charge in [-0.25, -0.2) is 4.98 Å². The Morgan fingerprint density at radius 3 is 2.34 bits per heavy atom. The van der Waals surface area contributed by atoms with E-state index in [0.717, 1.165) is 17.9 Å². The summed E-state index contributed by atoms with van der Waals surface area (Å²) < 4.78 is 16.0. The number of fused-ring (bicyclic) bond motifs is 1. The molecule has 0 aliphatic carbocycles. The van der Waals surface area contributed by atoms with Crippen LogP contribution in [-0.2, 0) is 13.1 Å². The van der Waals surface area contributed by atoms with Gasteiger partial charge in [0, 0.05) is 23.2 Å². The molecule has 0 aliphatic heterocycles. The van der Waals surface area contributed by atoms with Crippen LogP contribution in [0.15, 0.2) is 35.1 Å². The van der Waals surface area contributed by atoms with Crippen molar-refractivity contribution in [2.45, 2.75) is 20.0 Å². The number of aromatic nitrogens is 2. The molecule has 0 saturated carbocycles. The highest BCUT2D eigenvalue weighted by atomic mass is 35.5. The molecular weight excluding hydrogens is 394 g/mol. The fraction of sp³-hybridized carbons (Fsp3) is 0.333. The van der Waals surface area contributed by atoms with E-state index in [9.17, 15) is 4.79 Å². The van der Waals surface area contributed by atoms with Crippen LogP contribution < -0.4 is 19.8 Å². The third-order valence-corrected chi connectivity index (χ3v) is 4.95. The fourth-order valence-electron chi connectivity index (χ4n) is 3.19. The van der Waals surface area contributed by atoms with Gasteiger partial charge in [0.05, 0.1) is 38.8 Å². The van der Waals surface area contributed by atoms with Crippen molar-refractivity contribution in [3.8, 4) is 17.2 Å². The van der Waals surface area contributed by atoms with Crippen LogP contribution in [-0.4, -0.2) is 42.7 Å². The van der Waals surface area contributed by atoms with Crippen LogP contribution in [0.25, 0.3) is 10.9 Å². The van der Waals surface area contributed by atoms with Gasteiger partial charge in [0.15, 0.2) is 11.5 Å². The van der Waals surface area contributed by atoms with E-state index in [1.807, 2.05) is 19.1 Å². The molecule has 8 heteroatoms. The van der Waals surface area contributed by atoms with E-state index < -0.39 is 0 Å². The summed E-state index contributed by atoms with van der Waals surface area (Å²) >= 11 is 6.14. The Morgan fingerprint density at radius 2 is 1.69 bits per heavy atom. The molecule has 0 aliphatic rings. The topological polar surface area (TPSA) is 76.7 Å². The summed E-state index contributed by atoms with van der Waals surface area (Å²) in [5.74, 6) is 2.35. The highest BCUT2D eigenvalue weighted by Crippen LogP contribution is 2.30. The molecule has 1 aromatic heterocycles. The molecule has 29 heavy (non-hydrogen) atoms. The van der Waals surface area contributed by atoms with E-state index in [-0.39, 0.29) is 5.56 Å². The molecule has 2 aromatic carbocycles. The number of benzene rings is 2. The van der Waals surface area contributed by atoms with Crippen molar-refractivity contribution in [1.29, 1.82) is 0 Å². The number of hydrogen-bond donors (Lipinski definition) is 1.